The summed E-state index contributed by atoms with van der Waals surface area (Å²) in [6, 6.07) is 30.6. The first-order chi connectivity index (χ1) is 15.2. The van der Waals surface area contributed by atoms with E-state index in [2.05, 4.69) is 103 Å². The molecule has 0 atom stereocenters. The van der Waals surface area contributed by atoms with Crippen LogP contribution < -0.4 is 0 Å². The van der Waals surface area contributed by atoms with E-state index >= 15 is 0 Å². The van der Waals surface area contributed by atoms with E-state index in [1.807, 2.05) is 11.3 Å². The molecule has 6 rings (SSSR count). The largest absolute Gasteiger partial charge is 0.324 e. The average molecular weight is 419 g/mol. The molecule has 0 bridgehead atoms. The molecule has 0 N–H and O–H groups in total. The highest BCUT2D eigenvalue weighted by molar-refractivity contribution is 7.26. The van der Waals surface area contributed by atoms with Crippen molar-refractivity contribution < 1.29 is 0 Å². The maximum absolute atomic E-state index is 4.97. The second-order valence-electron chi connectivity index (χ2n) is 8.04. The minimum atomic E-state index is 0.894. The summed E-state index contributed by atoms with van der Waals surface area (Å²) in [6.45, 7) is 5.27. The Kier molecular flexibility index (Phi) is 4.18. The summed E-state index contributed by atoms with van der Waals surface area (Å²) in [4.78, 5) is 4.97. The second kappa shape index (κ2) is 7.07. The molecular weight excluding hydrogens is 396 g/mol. The lowest BCUT2D eigenvalue weighted by atomic mass is 9.98. The van der Waals surface area contributed by atoms with Gasteiger partial charge in [0.25, 0.3) is 0 Å². The number of benzene rings is 4. The van der Waals surface area contributed by atoms with E-state index in [9.17, 15) is 0 Å². The van der Waals surface area contributed by atoms with Crippen molar-refractivity contribution >= 4 is 42.5 Å². The Balaban J connectivity index is 1.59. The first-order valence-electron chi connectivity index (χ1n) is 10.7. The van der Waals surface area contributed by atoms with Crippen molar-refractivity contribution in [2.75, 3.05) is 0 Å². The monoisotopic (exact) mass is 418 g/mol. The molecule has 0 radical (unpaired) electrons. The van der Waals surface area contributed by atoms with Gasteiger partial charge in [-0.05, 0) is 66.9 Å². The summed E-state index contributed by atoms with van der Waals surface area (Å²) in [5, 5.41) is 2.69. The molecule has 0 saturated heterocycles. The molecule has 2 aromatic heterocycles. The first-order valence-corrected chi connectivity index (χ1v) is 11.5. The smallest absolute Gasteiger partial charge is 0.141 e. The molecule has 2 heterocycles. The highest BCUT2D eigenvalue weighted by Gasteiger charge is 2.15. The maximum atomic E-state index is 4.97. The third-order valence-electron chi connectivity index (χ3n) is 6.03. The van der Waals surface area contributed by atoms with E-state index in [4.69, 9.17) is 4.98 Å². The summed E-state index contributed by atoms with van der Waals surface area (Å²) in [5.41, 5.74) is 7.23. The van der Waals surface area contributed by atoms with Gasteiger partial charge < -0.3 is 4.57 Å². The molecule has 2 nitrogen and oxygen atoms in total. The second-order valence-corrected chi connectivity index (χ2v) is 9.09. The van der Waals surface area contributed by atoms with Crippen LogP contribution in [0.4, 0.5) is 0 Å². The number of aromatic nitrogens is 2. The summed E-state index contributed by atoms with van der Waals surface area (Å²) < 4.78 is 5.00. The van der Waals surface area contributed by atoms with Gasteiger partial charge in [-0.25, -0.2) is 4.98 Å². The molecule has 0 aliphatic carbocycles. The molecule has 31 heavy (non-hydrogen) atoms. The molecule has 0 aliphatic rings. The van der Waals surface area contributed by atoms with Crippen molar-refractivity contribution in [3.8, 4) is 22.5 Å². The van der Waals surface area contributed by atoms with Gasteiger partial charge in [-0.3, -0.25) is 0 Å². The van der Waals surface area contributed by atoms with E-state index in [1.165, 1.54) is 42.4 Å². The predicted octanol–water partition coefficient (Wildman–Crippen LogP) is 8.07. The van der Waals surface area contributed by atoms with Crippen LogP contribution in [0.3, 0.4) is 0 Å². The average Bonchev–Trinajstić information content (AvgIpc) is 3.37. The van der Waals surface area contributed by atoms with Gasteiger partial charge in [-0.2, -0.15) is 0 Å². The zero-order valence-corrected chi connectivity index (χ0v) is 18.4. The summed E-state index contributed by atoms with van der Waals surface area (Å²) in [5.74, 6) is 1.03. The normalized spacial score (nSPS) is 11.7. The van der Waals surface area contributed by atoms with Crippen molar-refractivity contribution in [1.29, 1.82) is 0 Å². The quantitative estimate of drug-likeness (QED) is 0.284. The predicted molar refractivity (Wildman–Crippen MR) is 134 cm³/mol. The van der Waals surface area contributed by atoms with Crippen molar-refractivity contribution in [3.05, 3.63) is 90.5 Å². The number of fused-ring (bicyclic) bond motifs is 4. The molecule has 6 aromatic rings. The Bertz CT molecular complexity index is 1590. The SMILES string of the molecule is CCn1c(-c2cccc(-c3cc(C)cc4c3sc3ccccc34)c2)nc2ccccc21. The Morgan fingerprint density at radius 3 is 2.52 bits per heavy atom. The molecule has 150 valence electrons. The third-order valence-corrected chi connectivity index (χ3v) is 7.24. The fourth-order valence-electron chi connectivity index (χ4n) is 4.63. The van der Waals surface area contributed by atoms with Crippen LogP contribution in [0.5, 0.6) is 0 Å². The van der Waals surface area contributed by atoms with Gasteiger partial charge in [0, 0.05) is 32.3 Å². The van der Waals surface area contributed by atoms with E-state index in [0.717, 1.165) is 23.4 Å². The van der Waals surface area contributed by atoms with Gasteiger partial charge in [-0.1, -0.05) is 48.5 Å². The van der Waals surface area contributed by atoms with Gasteiger partial charge in [0.15, 0.2) is 0 Å². The van der Waals surface area contributed by atoms with Crippen LogP contribution in [0.1, 0.15) is 12.5 Å². The zero-order valence-electron chi connectivity index (χ0n) is 17.6. The van der Waals surface area contributed by atoms with Crippen molar-refractivity contribution in [3.63, 3.8) is 0 Å². The van der Waals surface area contributed by atoms with Crippen molar-refractivity contribution in [2.45, 2.75) is 20.4 Å². The van der Waals surface area contributed by atoms with Gasteiger partial charge in [0.2, 0.25) is 0 Å². The summed E-state index contributed by atoms with van der Waals surface area (Å²) in [6.07, 6.45) is 0. The van der Waals surface area contributed by atoms with Crippen molar-refractivity contribution in [1.82, 2.24) is 9.55 Å². The lowest BCUT2D eigenvalue weighted by molar-refractivity contribution is 0.796. The van der Waals surface area contributed by atoms with Crippen LogP contribution in [-0.4, -0.2) is 9.55 Å². The van der Waals surface area contributed by atoms with E-state index < -0.39 is 0 Å². The fraction of sp³-hybridized carbons (Fsp3) is 0.107. The lowest BCUT2D eigenvalue weighted by Crippen LogP contribution is -1.97. The zero-order chi connectivity index (χ0) is 20.9. The fourth-order valence-corrected chi connectivity index (χ4v) is 5.85. The van der Waals surface area contributed by atoms with Crippen LogP contribution in [0.15, 0.2) is 84.9 Å². The Morgan fingerprint density at radius 2 is 1.61 bits per heavy atom. The van der Waals surface area contributed by atoms with Crippen molar-refractivity contribution in [2.24, 2.45) is 0 Å². The van der Waals surface area contributed by atoms with Crippen LogP contribution >= 0.6 is 11.3 Å². The van der Waals surface area contributed by atoms with Gasteiger partial charge in [0.05, 0.1) is 11.0 Å². The Morgan fingerprint density at radius 1 is 0.806 bits per heavy atom. The Labute approximate surface area is 185 Å². The van der Waals surface area contributed by atoms with Crippen LogP contribution in [0, 0.1) is 6.92 Å². The standard InChI is InChI=1S/C28H22N2S/c1-3-30-25-13-6-5-12-24(25)29-28(30)20-10-8-9-19(17-20)22-15-18(2)16-23-21-11-4-7-14-26(21)31-27(22)23/h4-17H,3H2,1-2H3. The molecule has 0 fully saturated rings. The number of aryl methyl sites for hydroxylation is 2. The summed E-state index contributed by atoms with van der Waals surface area (Å²) in [7, 11) is 0. The molecule has 0 aliphatic heterocycles. The number of imidazole rings is 1. The third kappa shape index (κ3) is 2.88. The van der Waals surface area contributed by atoms with E-state index in [1.54, 1.807) is 0 Å². The Hall–Kier alpha value is -3.43. The number of thiophene rings is 1. The van der Waals surface area contributed by atoms with Gasteiger partial charge >= 0.3 is 0 Å². The first kappa shape index (κ1) is 18.3. The minimum absolute atomic E-state index is 0.894. The van der Waals surface area contributed by atoms with Crippen LogP contribution in [0.25, 0.3) is 53.7 Å². The number of para-hydroxylation sites is 2. The van der Waals surface area contributed by atoms with E-state index in [0.29, 0.717) is 0 Å². The van der Waals surface area contributed by atoms with Gasteiger partial charge in [-0.15, -0.1) is 11.3 Å². The number of hydrogen-bond donors (Lipinski definition) is 0. The number of nitrogens with zero attached hydrogens (tertiary/aromatic N) is 2. The molecule has 0 unspecified atom stereocenters. The van der Waals surface area contributed by atoms with Crippen LogP contribution in [0.2, 0.25) is 0 Å². The lowest BCUT2D eigenvalue weighted by Gasteiger charge is -2.10. The highest BCUT2D eigenvalue weighted by Crippen LogP contribution is 2.41. The molecule has 0 amide bonds. The maximum Gasteiger partial charge on any atom is 0.141 e. The van der Waals surface area contributed by atoms with Crippen LogP contribution in [-0.2, 0) is 6.54 Å². The number of rotatable bonds is 3. The molecule has 4 aromatic carbocycles. The number of hydrogen-bond acceptors (Lipinski definition) is 2. The minimum Gasteiger partial charge on any atom is -0.324 e. The molecular formula is C28H22N2S. The van der Waals surface area contributed by atoms with Gasteiger partial charge in [0.1, 0.15) is 5.82 Å². The summed E-state index contributed by atoms with van der Waals surface area (Å²) >= 11 is 1.88. The molecule has 0 spiro atoms. The molecule has 0 saturated carbocycles. The van der Waals surface area contributed by atoms with E-state index in [-0.39, 0.29) is 0 Å². The highest BCUT2D eigenvalue weighted by atomic mass is 32.1. The molecule has 3 heteroatoms. The topological polar surface area (TPSA) is 17.8 Å².